The van der Waals surface area contributed by atoms with Crippen molar-refractivity contribution in [2.45, 2.75) is 45.3 Å². The standard InChI is InChI=1S/C15H24N4O4/c1-15(2,3)23-14(22)16-10-6-5-7-19(9-10)11-8-12(20)18(4)13(21)17-11/h8,10H,5-7,9H2,1-4H3,(H,16,22)(H,17,21)/t10-/m1/s1. The topological polar surface area (TPSA) is 96.4 Å². The number of carbonyl (C=O) groups is 1. The fourth-order valence-electron chi connectivity index (χ4n) is 2.50. The van der Waals surface area contributed by atoms with Crippen molar-refractivity contribution in [1.82, 2.24) is 14.9 Å². The second-order valence-corrected chi connectivity index (χ2v) is 6.79. The van der Waals surface area contributed by atoms with Gasteiger partial charge in [-0.2, -0.15) is 0 Å². The highest BCUT2D eigenvalue weighted by Crippen LogP contribution is 2.16. The molecule has 2 rings (SSSR count). The number of nitrogens with zero attached hydrogens (tertiary/aromatic N) is 2. The van der Waals surface area contributed by atoms with E-state index in [1.54, 1.807) is 0 Å². The largest absolute Gasteiger partial charge is 0.444 e. The number of alkyl carbamates (subject to hydrolysis) is 1. The van der Waals surface area contributed by atoms with Gasteiger partial charge in [0, 0.05) is 32.2 Å². The van der Waals surface area contributed by atoms with Gasteiger partial charge in [0.2, 0.25) is 0 Å². The van der Waals surface area contributed by atoms with E-state index in [2.05, 4.69) is 10.3 Å². The summed E-state index contributed by atoms with van der Waals surface area (Å²) in [6.45, 7) is 6.66. The van der Waals surface area contributed by atoms with Crippen LogP contribution in [0.2, 0.25) is 0 Å². The zero-order chi connectivity index (χ0) is 17.2. The highest BCUT2D eigenvalue weighted by atomic mass is 16.6. The first-order valence-electron chi connectivity index (χ1n) is 7.70. The third-order valence-corrected chi connectivity index (χ3v) is 3.61. The minimum Gasteiger partial charge on any atom is -0.444 e. The maximum absolute atomic E-state index is 11.9. The van der Waals surface area contributed by atoms with Crippen molar-refractivity contribution >= 4 is 11.9 Å². The second-order valence-electron chi connectivity index (χ2n) is 6.79. The van der Waals surface area contributed by atoms with Crippen LogP contribution in [0.25, 0.3) is 0 Å². The van der Waals surface area contributed by atoms with Crippen molar-refractivity contribution in [3.05, 3.63) is 26.9 Å². The molecular formula is C15H24N4O4. The van der Waals surface area contributed by atoms with Gasteiger partial charge in [0.25, 0.3) is 5.56 Å². The summed E-state index contributed by atoms with van der Waals surface area (Å²) in [4.78, 5) is 39.9. The number of aromatic nitrogens is 2. The van der Waals surface area contributed by atoms with Crippen molar-refractivity contribution in [2.24, 2.45) is 7.05 Å². The van der Waals surface area contributed by atoms with Crippen LogP contribution in [0, 0.1) is 0 Å². The molecule has 1 amide bonds. The minimum absolute atomic E-state index is 0.0915. The summed E-state index contributed by atoms with van der Waals surface area (Å²) in [6, 6.07) is 1.31. The zero-order valence-electron chi connectivity index (χ0n) is 14.0. The number of aromatic amines is 1. The first-order chi connectivity index (χ1) is 10.7. The lowest BCUT2D eigenvalue weighted by molar-refractivity contribution is 0.0500. The van der Waals surface area contributed by atoms with E-state index in [1.165, 1.54) is 13.1 Å². The van der Waals surface area contributed by atoms with Crippen LogP contribution in [0.3, 0.4) is 0 Å². The second kappa shape index (κ2) is 6.47. The third-order valence-electron chi connectivity index (χ3n) is 3.61. The lowest BCUT2D eigenvalue weighted by Crippen LogP contribution is -2.50. The van der Waals surface area contributed by atoms with E-state index in [9.17, 15) is 14.4 Å². The zero-order valence-corrected chi connectivity index (χ0v) is 14.0. The number of hydrogen-bond acceptors (Lipinski definition) is 5. The van der Waals surface area contributed by atoms with E-state index in [0.29, 0.717) is 12.4 Å². The van der Waals surface area contributed by atoms with Crippen LogP contribution in [0.1, 0.15) is 33.6 Å². The van der Waals surface area contributed by atoms with Gasteiger partial charge in [-0.05, 0) is 33.6 Å². The first-order valence-corrected chi connectivity index (χ1v) is 7.70. The van der Waals surface area contributed by atoms with Crippen LogP contribution >= 0.6 is 0 Å². The molecule has 1 aliphatic heterocycles. The van der Waals surface area contributed by atoms with Crippen molar-refractivity contribution in [2.75, 3.05) is 18.0 Å². The number of rotatable bonds is 2. The summed E-state index contributed by atoms with van der Waals surface area (Å²) < 4.78 is 6.27. The number of piperidine rings is 1. The summed E-state index contributed by atoms with van der Waals surface area (Å²) in [7, 11) is 1.42. The Morgan fingerprint density at radius 3 is 2.70 bits per heavy atom. The fraction of sp³-hybridized carbons (Fsp3) is 0.667. The van der Waals surface area contributed by atoms with Crippen molar-refractivity contribution in [1.29, 1.82) is 0 Å². The van der Waals surface area contributed by atoms with Crippen molar-refractivity contribution < 1.29 is 9.53 Å². The molecule has 8 heteroatoms. The lowest BCUT2D eigenvalue weighted by Gasteiger charge is -2.34. The molecular weight excluding hydrogens is 300 g/mol. The predicted octanol–water partition coefficient (Wildman–Crippen LogP) is 0.567. The predicted molar refractivity (Wildman–Crippen MR) is 86.9 cm³/mol. The van der Waals surface area contributed by atoms with Crippen LogP contribution in [0.4, 0.5) is 10.6 Å². The van der Waals surface area contributed by atoms with Crippen LogP contribution in [-0.4, -0.2) is 40.4 Å². The quantitative estimate of drug-likeness (QED) is 0.829. The van der Waals surface area contributed by atoms with Gasteiger partial charge in [0.1, 0.15) is 11.4 Å². The summed E-state index contributed by atoms with van der Waals surface area (Å²) in [5.74, 6) is 0.480. The molecule has 23 heavy (non-hydrogen) atoms. The number of ether oxygens (including phenoxy) is 1. The molecule has 0 spiro atoms. The van der Waals surface area contributed by atoms with Crippen molar-refractivity contribution in [3.63, 3.8) is 0 Å². The Hall–Kier alpha value is -2.25. The molecule has 1 saturated heterocycles. The van der Waals surface area contributed by atoms with Crippen molar-refractivity contribution in [3.8, 4) is 0 Å². The van der Waals surface area contributed by atoms with Gasteiger partial charge in [-0.1, -0.05) is 0 Å². The summed E-state index contributed by atoms with van der Waals surface area (Å²) in [5.41, 5.74) is -1.35. The third kappa shape index (κ3) is 4.61. The first kappa shape index (κ1) is 17.1. The molecule has 0 unspecified atom stereocenters. The van der Waals surface area contributed by atoms with Gasteiger partial charge < -0.3 is 15.0 Å². The number of H-pyrrole nitrogens is 1. The van der Waals surface area contributed by atoms with E-state index < -0.39 is 17.4 Å². The molecule has 128 valence electrons. The lowest BCUT2D eigenvalue weighted by atomic mass is 10.1. The van der Waals surface area contributed by atoms with Gasteiger partial charge in [0.05, 0.1) is 0 Å². The molecule has 8 nitrogen and oxygen atoms in total. The van der Waals surface area contributed by atoms with E-state index in [0.717, 1.165) is 24.0 Å². The Balaban J connectivity index is 2.05. The number of amides is 1. The van der Waals surface area contributed by atoms with Crippen LogP contribution < -0.4 is 21.5 Å². The fourth-order valence-corrected chi connectivity index (χ4v) is 2.50. The summed E-state index contributed by atoms with van der Waals surface area (Å²) in [5, 5.41) is 2.84. The molecule has 1 aromatic rings. The normalized spacial score (nSPS) is 18.6. The molecule has 1 aliphatic rings. The number of hydrogen-bond donors (Lipinski definition) is 2. The smallest absolute Gasteiger partial charge is 0.407 e. The van der Waals surface area contributed by atoms with Gasteiger partial charge in [-0.15, -0.1) is 0 Å². The molecule has 2 heterocycles. The molecule has 0 bridgehead atoms. The van der Waals surface area contributed by atoms with Crippen LogP contribution in [0.15, 0.2) is 15.7 Å². The van der Waals surface area contributed by atoms with Gasteiger partial charge in [0.15, 0.2) is 0 Å². The number of carbonyl (C=O) groups excluding carboxylic acids is 1. The maximum Gasteiger partial charge on any atom is 0.407 e. The van der Waals surface area contributed by atoms with E-state index in [4.69, 9.17) is 4.74 Å². The van der Waals surface area contributed by atoms with Crippen LogP contribution in [0.5, 0.6) is 0 Å². The van der Waals surface area contributed by atoms with E-state index in [-0.39, 0.29) is 11.6 Å². The number of nitrogens with one attached hydrogen (secondary N) is 2. The van der Waals surface area contributed by atoms with Crippen LogP contribution in [-0.2, 0) is 11.8 Å². The Morgan fingerprint density at radius 1 is 1.39 bits per heavy atom. The Kier molecular flexibility index (Phi) is 4.82. The molecule has 0 aromatic carbocycles. The average molecular weight is 324 g/mol. The highest BCUT2D eigenvalue weighted by Gasteiger charge is 2.25. The van der Waals surface area contributed by atoms with Gasteiger partial charge in [-0.25, -0.2) is 9.59 Å². The van der Waals surface area contributed by atoms with Gasteiger partial charge in [-0.3, -0.25) is 14.3 Å². The Bertz CT molecular complexity index is 655. The molecule has 0 saturated carbocycles. The molecule has 1 aromatic heterocycles. The Labute approximate surface area is 134 Å². The average Bonchev–Trinajstić information content (AvgIpc) is 2.42. The van der Waals surface area contributed by atoms with E-state index >= 15 is 0 Å². The van der Waals surface area contributed by atoms with E-state index in [1.807, 2.05) is 25.7 Å². The Morgan fingerprint density at radius 2 is 2.09 bits per heavy atom. The number of anilines is 1. The molecule has 0 radical (unpaired) electrons. The monoisotopic (exact) mass is 324 g/mol. The summed E-state index contributed by atoms with van der Waals surface area (Å²) in [6.07, 6.45) is 1.21. The maximum atomic E-state index is 11.9. The molecule has 1 atom stereocenters. The minimum atomic E-state index is -0.546. The molecule has 0 aliphatic carbocycles. The summed E-state index contributed by atoms with van der Waals surface area (Å²) >= 11 is 0. The van der Waals surface area contributed by atoms with Gasteiger partial charge >= 0.3 is 11.8 Å². The molecule has 2 N–H and O–H groups in total. The highest BCUT2D eigenvalue weighted by molar-refractivity contribution is 5.68. The SMILES string of the molecule is Cn1c(=O)cc(N2CCC[C@@H](NC(=O)OC(C)(C)C)C2)[nH]c1=O. The molecule has 1 fully saturated rings.